The highest BCUT2D eigenvalue weighted by Gasteiger charge is 2.16. The molecular weight excluding hydrogens is 494 g/mol. The highest BCUT2D eigenvalue weighted by molar-refractivity contribution is 7.98. The van der Waals surface area contributed by atoms with Crippen molar-refractivity contribution in [3.63, 3.8) is 0 Å². The summed E-state index contributed by atoms with van der Waals surface area (Å²) in [7, 11) is 3.39. The molecule has 7 heteroatoms. The van der Waals surface area contributed by atoms with Crippen molar-refractivity contribution >= 4 is 34.2 Å². The second kappa shape index (κ2) is 13.5. The molecule has 1 atom stereocenters. The molecule has 6 nitrogen and oxygen atoms in total. The zero-order chi connectivity index (χ0) is 26.9. The third kappa shape index (κ3) is 6.58. The number of hydrogen-bond acceptors (Lipinski definition) is 7. The van der Waals surface area contributed by atoms with Crippen LogP contribution in [0.1, 0.15) is 38.7 Å². The number of anilines is 2. The number of aromatic nitrogens is 2. The standard InChI is InChI=1S/C31H37N3O3S/c1-6-9-24(7-2)37-30-18-26-28(19-29(30)36-4)32-20-33-31(26)34-27-17-23(13-12-21(27)14-15-35-3)22-10-8-11-25(16-22)38-5/h8,10-13,16-20,24H,6-7,9,14-15H2,1-5H3,(H,32,33,34). The lowest BCUT2D eigenvalue weighted by Gasteiger charge is -2.20. The van der Waals surface area contributed by atoms with Gasteiger partial charge in [0.25, 0.3) is 0 Å². The Morgan fingerprint density at radius 1 is 0.947 bits per heavy atom. The Morgan fingerprint density at radius 3 is 2.53 bits per heavy atom. The van der Waals surface area contributed by atoms with E-state index in [2.05, 4.69) is 77.9 Å². The van der Waals surface area contributed by atoms with E-state index in [1.807, 2.05) is 12.1 Å². The van der Waals surface area contributed by atoms with Gasteiger partial charge in [0.15, 0.2) is 11.5 Å². The molecule has 0 spiro atoms. The summed E-state index contributed by atoms with van der Waals surface area (Å²) in [6.45, 7) is 4.95. The summed E-state index contributed by atoms with van der Waals surface area (Å²) >= 11 is 1.74. The summed E-state index contributed by atoms with van der Waals surface area (Å²) in [6.07, 6.45) is 7.56. The molecule has 1 aromatic heterocycles. The third-order valence-corrected chi connectivity index (χ3v) is 7.35. The summed E-state index contributed by atoms with van der Waals surface area (Å²) < 4.78 is 17.4. The van der Waals surface area contributed by atoms with E-state index in [-0.39, 0.29) is 6.10 Å². The summed E-state index contributed by atoms with van der Waals surface area (Å²) in [4.78, 5) is 10.4. The van der Waals surface area contributed by atoms with Gasteiger partial charge in [-0.25, -0.2) is 9.97 Å². The van der Waals surface area contributed by atoms with Crippen molar-refractivity contribution in [2.24, 2.45) is 0 Å². The first-order valence-electron chi connectivity index (χ1n) is 13.1. The Labute approximate surface area is 230 Å². The van der Waals surface area contributed by atoms with Crippen molar-refractivity contribution in [3.05, 3.63) is 66.5 Å². The van der Waals surface area contributed by atoms with E-state index >= 15 is 0 Å². The Morgan fingerprint density at radius 2 is 1.79 bits per heavy atom. The zero-order valence-corrected chi connectivity index (χ0v) is 23.7. The van der Waals surface area contributed by atoms with Gasteiger partial charge in [-0.2, -0.15) is 0 Å². The Balaban J connectivity index is 1.77. The lowest BCUT2D eigenvalue weighted by molar-refractivity contribution is 0.178. The minimum Gasteiger partial charge on any atom is -0.493 e. The molecular formula is C31H37N3O3S. The molecule has 1 unspecified atom stereocenters. The molecule has 1 heterocycles. The van der Waals surface area contributed by atoms with Crippen molar-refractivity contribution in [1.82, 2.24) is 9.97 Å². The molecule has 0 aliphatic carbocycles. The van der Waals surface area contributed by atoms with Crippen LogP contribution in [0.25, 0.3) is 22.0 Å². The van der Waals surface area contributed by atoms with Crippen LogP contribution in [0.4, 0.5) is 11.5 Å². The van der Waals surface area contributed by atoms with Gasteiger partial charge in [-0.3, -0.25) is 0 Å². The van der Waals surface area contributed by atoms with E-state index in [0.29, 0.717) is 18.1 Å². The van der Waals surface area contributed by atoms with Crippen LogP contribution >= 0.6 is 11.8 Å². The largest absolute Gasteiger partial charge is 0.493 e. The first kappa shape index (κ1) is 27.7. The van der Waals surface area contributed by atoms with Gasteiger partial charge in [-0.15, -0.1) is 11.8 Å². The number of hydrogen-bond donors (Lipinski definition) is 1. The van der Waals surface area contributed by atoms with Crippen molar-refractivity contribution in [3.8, 4) is 22.6 Å². The number of rotatable bonds is 13. The molecule has 0 aliphatic rings. The first-order valence-corrected chi connectivity index (χ1v) is 14.3. The fraction of sp³-hybridized carbons (Fsp3) is 0.355. The monoisotopic (exact) mass is 531 g/mol. The van der Waals surface area contributed by atoms with E-state index in [1.54, 1.807) is 32.3 Å². The fourth-order valence-corrected chi connectivity index (χ4v) is 4.96. The first-order chi connectivity index (χ1) is 18.6. The van der Waals surface area contributed by atoms with Crippen molar-refractivity contribution in [2.45, 2.75) is 50.5 Å². The highest BCUT2D eigenvalue weighted by atomic mass is 32.2. The number of nitrogens with one attached hydrogen (secondary N) is 1. The maximum absolute atomic E-state index is 6.39. The number of ether oxygens (including phenoxy) is 3. The van der Waals surface area contributed by atoms with E-state index < -0.39 is 0 Å². The van der Waals surface area contributed by atoms with Crippen molar-refractivity contribution in [2.75, 3.05) is 32.4 Å². The molecule has 200 valence electrons. The lowest BCUT2D eigenvalue weighted by Crippen LogP contribution is -2.15. The number of nitrogens with zero attached hydrogens (tertiary/aromatic N) is 2. The SMILES string of the molecule is CCCC(CC)Oc1cc2c(Nc3cc(-c4cccc(SC)c4)ccc3CCOC)ncnc2cc1OC. The average Bonchev–Trinajstić information content (AvgIpc) is 2.96. The van der Waals surface area contributed by atoms with Crippen LogP contribution in [-0.4, -0.2) is 43.2 Å². The van der Waals surface area contributed by atoms with Crippen LogP contribution in [0.15, 0.2) is 65.8 Å². The van der Waals surface area contributed by atoms with Crippen LogP contribution in [0.3, 0.4) is 0 Å². The van der Waals surface area contributed by atoms with E-state index in [4.69, 9.17) is 14.2 Å². The van der Waals surface area contributed by atoms with Crippen LogP contribution in [-0.2, 0) is 11.2 Å². The third-order valence-electron chi connectivity index (χ3n) is 6.62. The van der Waals surface area contributed by atoms with Gasteiger partial charge >= 0.3 is 0 Å². The second-order valence-corrected chi connectivity index (χ2v) is 10.0. The zero-order valence-electron chi connectivity index (χ0n) is 22.9. The Bertz CT molecular complexity index is 1360. The average molecular weight is 532 g/mol. The topological polar surface area (TPSA) is 65.5 Å². The quantitative estimate of drug-likeness (QED) is 0.176. The molecule has 0 saturated heterocycles. The molecule has 0 aliphatic heterocycles. The maximum Gasteiger partial charge on any atom is 0.162 e. The van der Waals surface area contributed by atoms with Gasteiger partial charge < -0.3 is 19.5 Å². The summed E-state index contributed by atoms with van der Waals surface area (Å²) in [5.41, 5.74) is 5.25. The van der Waals surface area contributed by atoms with Gasteiger partial charge in [0, 0.05) is 29.1 Å². The van der Waals surface area contributed by atoms with E-state index in [9.17, 15) is 0 Å². The molecule has 1 N–H and O–H groups in total. The predicted octanol–water partition coefficient (Wildman–Crippen LogP) is 7.92. The van der Waals surface area contributed by atoms with Crippen molar-refractivity contribution < 1.29 is 14.2 Å². The smallest absolute Gasteiger partial charge is 0.162 e. The fourth-order valence-electron chi connectivity index (χ4n) is 4.50. The molecule has 0 amide bonds. The van der Waals surface area contributed by atoms with Gasteiger partial charge in [-0.05, 0) is 66.5 Å². The molecule has 0 radical (unpaired) electrons. The molecule has 3 aromatic carbocycles. The predicted molar refractivity (Wildman–Crippen MR) is 158 cm³/mol. The minimum atomic E-state index is 0.127. The number of fused-ring (bicyclic) bond motifs is 1. The molecule has 4 rings (SSSR count). The number of benzene rings is 3. The molecule has 0 bridgehead atoms. The molecule has 0 saturated carbocycles. The highest BCUT2D eigenvalue weighted by Crippen LogP contribution is 2.37. The van der Waals surface area contributed by atoms with Gasteiger partial charge in [-0.1, -0.05) is 44.5 Å². The number of methoxy groups -OCH3 is 2. The van der Waals surface area contributed by atoms with Crippen molar-refractivity contribution in [1.29, 1.82) is 0 Å². The van der Waals surface area contributed by atoms with Crippen LogP contribution in [0.2, 0.25) is 0 Å². The Hall–Kier alpha value is -3.29. The van der Waals surface area contributed by atoms with Crippen LogP contribution < -0.4 is 14.8 Å². The second-order valence-electron chi connectivity index (χ2n) is 9.15. The normalized spacial score (nSPS) is 11.9. The minimum absolute atomic E-state index is 0.127. The summed E-state index contributed by atoms with van der Waals surface area (Å²) in [5.74, 6) is 2.10. The van der Waals surface area contributed by atoms with E-state index in [1.165, 1.54) is 10.5 Å². The van der Waals surface area contributed by atoms with Gasteiger partial charge in [0.2, 0.25) is 0 Å². The van der Waals surface area contributed by atoms with Crippen LogP contribution in [0.5, 0.6) is 11.5 Å². The summed E-state index contributed by atoms with van der Waals surface area (Å²) in [5, 5.41) is 4.49. The molecule has 4 aromatic rings. The van der Waals surface area contributed by atoms with Gasteiger partial charge in [0.1, 0.15) is 12.1 Å². The maximum atomic E-state index is 6.39. The Kier molecular flexibility index (Phi) is 9.85. The molecule has 0 fully saturated rings. The molecule has 38 heavy (non-hydrogen) atoms. The van der Waals surface area contributed by atoms with Crippen LogP contribution in [0, 0.1) is 0 Å². The summed E-state index contributed by atoms with van der Waals surface area (Å²) in [6, 6.07) is 19.0. The van der Waals surface area contributed by atoms with E-state index in [0.717, 1.165) is 59.2 Å². The van der Waals surface area contributed by atoms with Gasteiger partial charge in [0.05, 0.1) is 25.3 Å². The number of thioether (sulfide) groups is 1. The lowest BCUT2D eigenvalue weighted by atomic mass is 10.0.